The summed E-state index contributed by atoms with van der Waals surface area (Å²) >= 11 is 0. The van der Waals surface area contributed by atoms with Crippen LogP contribution in [0.25, 0.3) is 0 Å². The van der Waals surface area contributed by atoms with E-state index < -0.39 is 86.6 Å². The second-order valence-corrected chi connectivity index (χ2v) is 21.7. The molecule has 1 aliphatic carbocycles. The molecule has 3 saturated heterocycles. The van der Waals surface area contributed by atoms with Crippen molar-refractivity contribution >= 4 is 14.3 Å². The number of rotatable bonds is 16. The van der Waals surface area contributed by atoms with E-state index in [1.54, 1.807) is 31.4 Å². The van der Waals surface area contributed by atoms with Crippen LogP contribution >= 0.6 is 0 Å². The van der Waals surface area contributed by atoms with E-state index in [2.05, 4.69) is 47.5 Å². The van der Waals surface area contributed by atoms with E-state index in [0.717, 1.165) is 23.0 Å². The third-order valence-corrected chi connectivity index (χ3v) is 18.0. The number of benzene rings is 1. The number of fused-ring (bicyclic) bond motifs is 1. The van der Waals surface area contributed by atoms with E-state index in [-0.39, 0.29) is 13.2 Å². The van der Waals surface area contributed by atoms with Gasteiger partial charge in [-0.15, -0.1) is 6.42 Å². The molecule has 1 spiro atoms. The molecule has 314 valence electrons. The molecule has 1 aromatic heterocycles. The van der Waals surface area contributed by atoms with Gasteiger partial charge in [0, 0.05) is 39.1 Å². The lowest BCUT2D eigenvalue weighted by atomic mass is 10.1. The summed E-state index contributed by atoms with van der Waals surface area (Å²) in [5.41, 5.74) is 0.597. The normalized spacial score (nSPS) is 28.7. The summed E-state index contributed by atoms with van der Waals surface area (Å²) in [6.07, 6.45) is 2.24. The van der Waals surface area contributed by atoms with Crippen molar-refractivity contribution in [2.75, 3.05) is 20.8 Å². The second kappa shape index (κ2) is 17.9. The first-order valence-corrected chi connectivity index (χ1v) is 22.1. The molecule has 15 nitrogen and oxygen atoms in total. The van der Waals surface area contributed by atoms with Crippen LogP contribution in [0.2, 0.25) is 16.6 Å². The summed E-state index contributed by atoms with van der Waals surface area (Å²) in [7, 11) is 0.702. The summed E-state index contributed by atoms with van der Waals surface area (Å²) in [5.74, 6) is 1.88. The minimum absolute atomic E-state index is 0.0238. The van der Waals surface area contributed by atoms with Crippen molar-refractivity contribution in [3.63, 3.8) is 0 Å². The molecule has 4 fully saturated rings. The molecule has 1 aromatic carbocycles. The summed E-state index contributed by atoms with van der Waals surface area (Å²) in [4.78, 5) is 51.2. The third kappa shape index (κ3) is 8.55. The number of hydrogen-bond donors (Lipinski definition) is 0. The summed E-state index contributed by atoms with van der Waals surface area (Å²) in [6, 6.07) is 8.41. The Hall–Kier alpha value is -3.37. The van der Waals surface area contributed by atoms with Crippen molar-refractivity contribution in [1.29, 1.82) is 0 Å². The van der Waals surface area contributed by atoms with Crippen LogP contribution in [0.4, 0.5) is 0 Å². The number of carbonyl (C=O) groups is 1. The lowest BCUT2D eigenvalue weighted by molar-refractivity contribution is -0.408. The Kier molecular flexibility index (Phi) is 13.5. The number of ether oxygens (including phenoxy) is 7. The van der Waals surface area contributed by atoms with Crippen LogP contribution < -0.4 is 16.0 Å². The first-order chi connectivity index (χ1) is 27.2. The smallest absolute Gasteiger partial charge is 0.333 e. The van der Waals surface area contributed by atoms with Crippen LogP contribution in [0.5, 0.6) is 5.75 Å². The first-order valence-electron chi connectivity index (χ1n) is 19.9. The topological polar surface area (TPSA) is 153 Å². The Bertz CT molecular complexity index is 1830. The highest BCUT2D eigenvalue weighted by atomic mass is 28.4. The standard InChI is InChI=1S/C41H58N2O13Si/c1-11-30(55-56-39-37(48-10)34(50-27(8)44)31(51-39)23-49-57(24(2)3,25(4)5)26(6)7)33-35-36(54-41(53-35)19-12-13-20-41)38(52-33)42-21-18-32(45)43(40(42)46)22-28-14-16-29(47-9)17-15-28/h1,14-18,21,24-26,30-31,33-39H,12-13,19-20,22-23H2,2-10H3/t30?,31-,33-,34-,35-,36-,37-,38-,39+/m1/s1. The van der Waals surface area contributed by atoms with E-state index in [0.29, 0.717) is 35.2 Å². The van der Waals surface area contributed by atoms with Crippen molar-refractivity contribution in [3.8, 4) is 18.1 Å². The van der Waals surface area contributed by atoms with Crippen molar-refractivity contribution in [2.24, 2.45) is 0 Å². The SMILES string of the molecule is C#CC(OO[C@@H]1O[C@H](CO[Si](C(C)C)(C(C)C)C(C)C)[C@@H](OC(C)=O)[C@H]1OC)[C@H]1O[C@@H](n2ccc(=O)n(Cc3ccc(OC)cc3)c2=O)[C@@H]2OC3(CCCC3)O[C@@H]21. The first kappa shape index (κ1) is 43.2. The maximum absolute atomic E-state index is 14.0. The van der Waals surface area contributed by atoms with Gasteiger partial charge in [0.25, 0.3) is 5.56 Å². The van der Waals surface area contributed by atoms with E-state index >= 15 is 0 Å². The van der Waals surface area contributed by atoms with Gasteiger partial charge in [-0.1, -0.05) is 59.6 Å². The van der Waals surface area contributed by atoms with Gasteiger partial charge in [-0.2, -0.15) is 0 Å². The number of aromatic nitrogens is 2. The molecule has 2 aromatic rings. The molecule has 0 bridgehead atoms. The Balaban J connectivity index is 1.23. The van der Waals surface area contributed by atoms with Gasteiger partial charge in [0.15, 0.2) is 38.6 Å². The maximum atomic E-state index is 14.0. The van der Waals surface area contributed by atoms with Crippen LogP contribution in [0.15, 0.2) is 46.1 Å². The van der Waals surface area contributed by atoms with Gasteiger partial charge in [0.2, 0.25) is 6.29 Å². The zero-order valence-electron chi connectivity index (χ0n) is 34.4. The Morgan fingerprint density at radius 1 is 0.947 bits per heavy atom. The van der Waals surface area contributed by atoms with Gasteiger partial charge < -0.3 is 37.6 Å². The predicted molar refractivity (Wildman–Crippen MR) is 209 cm³/mol. The lowest BCUT2D eigenvalue weighted by Gasteiger charge is -2.42. The minimum atomic E-state index is -2.32. The highest BCUT2D eigenvalue weighted by Crippen LogP contribution is 2.50. The molecule has 3 aliphatic heterocycles. The van der Waals surface area contributed by atoms with Crippen LogP contribution in [-0.2, 0) is 54.0 Å². The molecule has 0 radical (unpaired) electrons. The van der Waals surface area contributed by atoms with Crippen molar-refractivity contribution in [2.45, 2.75) is 158 Å². The molecular weight excluding hydrogens is 757 g/mol. The van der Waals surface area contributed by atoms with Gasteiger partial charge in [-0.3, -0.25) is 18.7 Å². The predicted octanol–water partition coefficient (Wildman–Crippen LogP) is 4.83. The summed E-state index contributed by atoms with van der Waals surface area (Å²) in [5, 5.41) is 0. The van der Waals surface area contributed by atoms with Crippen molar-refractivity contribution < 1.29 is 52.2 Å². The van der Waals surface area contributed by atoms with Gasteiger partial charge >= 0.3 is 11.7 Å². The van der Waals surface area contributed by atoms with E-state index in [4.69, 9.17) is 53.8 Å². The lowest BCUT2D eigenvalue weighted by Crippen LogP contribution is -2.50. The molecule has 9 atom stereocenters. The minimum Gasteiger partial charge on any atom is -0.497 e. The van der Waals surface area contributed by atoms with Crippen LogP contribution in [0, 0.1) is 12.3 Å². The quantitative estimate of drug-likeness (QED) is 0.0749. The molecule has 1 unspecified atom stereocenters. The average molecular weight is 815 g/mol. The molecule has 16 heteroatoms. The van der Waals surface area contributed by atoms with Crippen LogP contribution in [-0.4, -0.2) is 99.1 Å². The van der Waals surface area contributed by atoms with Crippen LogP contribution in [0.3, 0.4) is 0 Å². The molecule has 0 N–H and O–H groups in total. The number of carbonyl (C=O) groups excluding carboxylic acids is 1. The van der Waals surface area contributed by atoms with Crippen LogP contribution in [0.1, 0.15) is 85.9 Å². The Labute approximate surface area is 335 Å². The van der Waals surface area contributed by atoms with Crippen molar-refractivity contribution in [1.82, 2.24) is 9.13 Å². The van der Waals surface area contributed by atoms with Gasteiger partial charge in [-0.25, -0.2) is 14.6 Å². The zero-order valence-corrected chi connectivity index (χ0v) is 35.4. The van der Waals surface area contributed by atoms with Crippen molar-refractivity contribution in [3.05, 3.63) is 62.9 Å². The monoisotopic (exact) mass is 814 g/mol. The molecule has 4 aliphatic rings. The fraction of sp³-hybridized carbons (Fsp3) is 0.683. The van der Waals surface area contributed by atoms with E-state index in [1.165, 1.54) is 30.9 Å². The second-order valence-electron chi connectivity index (χ2n) is 16.3. The Morgan fingerprint density at radius 2 is 1.60 bits per heavy atom. The molecule has 0 amide bonds. The molecule has 4 heterocycles. The summed E-state index contributed by atoms with van der Waals surface area (Å²) in [6.45, 7) is 14.6. The van der Waals surface area contributed by atoms with Gasteiger partial charge in [-0.05, 0) is 47.2 Å². The maximum Gasteiger partial charge on any atom is 0.333 e. The zero-order chi connectivity index (χ0) is 41.2. The molecular formula is C41H58N2O13Si. The highest BCUT2D eigenvalue weighted by Gasteiger charge is 2.62. The molecule has 57 heavy (non-hydrogen) atoms. The molecule has 6 rings (SSSR count). The fourth-order valence-electron chi connectivity index (χ4n) is 9.35. The number of terminal acetylenes is 1. The molecule has 1 saturated carbocycles. The third-order valence-electron chi connectivity index (χ3n) is 11.9. The largest absolute Gasteiger partial charge is 0.497 e. The van der Waals surface area contributed by atoms with E-state index in [9.17, 15) is 14.4 Å². The number of esters is 1. The summed E-state index contributed by atoms with van der Waals surface area (Å²) < 4.78 is 52.1. The number of nitrogens with zero attached hydrogens (tertiary/aromatic N) is 2. The highest BCUT2D eigenvalue weighted by molar-refractivity contribution is 6.77. The van der Waals surface area contributed by atoms with E-state index in [1.807, 2.05) is 0 Å². The number of hydrogen-bond acceptors (Lipinski definition) is 13. The fourth-order valence-corrected chi connectivity index (χ4v) is 14.8. The van der Waals surface area contributed by atoms with Gasteiger partial charge in [0.05, 0.1) is 20.3 Å². The van der Waals surface area contributed by atoms with Gasteiger partial charge in [0.1, 0.15) is 30.2 Å². The average Bonchev–Trinajstić information content (AvgIpc) is 3.94. The Morgan fingerprint density at radius 3 is 2.18 bits per heavy atom. The number of methoxy groups -OCH3 is 2.